The van der Waals surface area contributed by atoms with E-state index in [4.69, 9.17) is 5.11 Å². The molecule has 0 unspecified atom stereocenters. The summed E-state index contributed by atoms with van der Waals surface area (Å²) in [6.07, 6.45) is 2.25. The van der Waals surface area contributed by atoms with Gasteiger partial charge in [-0.2, -0.15) is 0 Å². The fraction of sp³-hybridized carbons (Fsp3) is 0.208. The maximum Gasteiger partial charge on any atom is 0.220 e. The van der Waals surface area contributed by atoms with Gasteiger partial charge in [-0.3, -0.25) is 4.79 Å². The Balaban J connectivity index is 1.40. The molecule has 3 heteroatoms. The van der Waals surface area contributed by atoms with Gasteiger partial charge in [-0.05, 0) is 40.7 Å². The normalized spacial score (nSPS) is 10.6. The van der Waals surface area contributed by atoms with Crippen LogP contribution in [0, 0.1) is 0 Å². The van der Waals surface area contributed by atoms with Crippen LogP contribution in [0.5, 0.6) is 0 Å². The number of rotatable bonds is 8. The Morgan fingerprint density at radius 3 is 2.00 bits per heavy atom. The van der Waals surface area contributed by atoms with E-state index in [2.05, 4.69) is 41.7 Å². The summed E-state index contributed by atoms with van der Waals surface area (Å²) in [5.74, 6) is 0.0714. The van der Waals surface area contributed by atoms with Gasteiger partial charge in [-0.1, -0.05) is 78.9 Å². The third kappa shape index (κ3) is 5.80. The minimum absolute atomic E-state index is 0.0406. The second kappa shape index (κ2) is 9.70. The summed E-state index contributed by atoms with van der Waals surface area (Å²) in [5, 5.41) is 12.0. The number of aliphatic hydroxyl groups excluding tert-OH is 1. The average molecular weight is 359 g/mol. The van der Waals surface area contributed by atoms with Crippen molar-refractivity contribution in [2.45, 2.75) is 32.4 Å². The first kappa shape index (κ1) is 18.9. The highest BCUT2D eigenvalue weighted by atomic mass is 16.3. The molecule has 0 heterocycles. The van der Waals surface area contributed by atoms with Crippen molar-refractivity contribution in [3.05, 3.63) is 95.6 Å². The molecule has 0 saturated heterocycles. The minimum atomic E-state index is 0.0406. The van der Waals surface area contributed by atoms with Crippen LogP contribution >= 0.6 is 0 Å². The van der Waals surface area contributed by atoms with Crippen LogP contribution in [0.3, 0.4) is 0 Å². The topological polar surface area (TPSA) is 49.3 Å². The Kier molecular flexibility index (Phi) is 6.78. The number of benzene rings is 3. The van der Waals surface area contributed by atoms with E-state index >= 15 is 0 Å². The molecule has 3 nitrogen and oxygen atoms in total. The first-order chi connectivity index (χ1) is 13.2. The number of hydrogen-bond acceptors (Lipinski definition) is 2. The number of aliphatic hydroxyl groups is 1. The van der Waals surface area contributed by atoms with Gasteiger partial charge in [0.2, 0.25) is 5.91 Å². The largest absolute Gasteiger partial charge is 0.392 e. The monoisotopic (exact) mass is 359 g/mol. The van der Waals surface area contributed by atoms with Gasteiger partial charge < -0.3 is 10.4 Å². The molecule has 3 aromatic carbocycles. The molecule has 0 aliphatic carbocycles. The number of aryl methyl sites for hydroxylation is 1. The maximum absolute atomic E-state index is 12.0. The zero-order valence-electron chi connectivity index (χ0n) is 15.4. The van der Waals surface area contributed by atoms with Crippen molar-refractivity contribution in [2.24, 2.45) is 0 Å². The summed E-state index contributed by atoms with van der Waals surface area (Å²) < 4.78 is 0. The minimum Gasteiger partial charge on any atom is -0.392 e. The van der Waals surface area contributed by atoms with Crippen LogP contribution < -0.4 is 5.32 Å². The van der Waals surface area contributed by atoms with Crippen molar-refractivity contribution in [1.82, 2.24) is 5.32 Å². The van der Waals surface area contributed by atoms with Crippen molar-refractivity contribution >= 4 is 5.91 Å². The van der Waals surface area contributed by atoms with Crippen LogP contribution in [0.25, 0.3) is 11.1 Å². The smallest absolute Gasteiger partial charge is 0.220 e. The van der Waals surface area contributed by atoms with Gasteiger partial charge in [0.15, 0.2) is 0 Å². The van der Waals surface area contributed by atoms with Crippen molar-refractivity contribution in [3.63, 3.8) is 0 Å². The van der Waals surface area contributed by atoms with E-state index in [1.807, 2.05) is 42.5 Å². The molecule has 0 bridgehead atoms. The van der Waals surface area contributed by atoms with Gasteiger partial charge >= 0.3 is 0 Å². The molecule has 0 atom stereocenters. The first-order valence-electron chi connectivity index (χ1n) is 9.34. The lowest BCUT2D eigenvalue weighted by atomic mass is 10.0. The molecule has 0 radical (unpaired) electrons. The van der Waals surface area contributed by atoms with Gasteiger partial charge in [-0.25, -0.2) is 0 Å². The molecular weight excluding hydrogens is 334 g/mol. The van der Waals surface area contributed by atoms with E-state index in [0.29, 0.717) is 13.0 Å². The van der Waals surface area contributed by atoms with Crippen molar-refractivity contribution in [1.29, 1.82) is 0 Å². The highest BCUT2D eigenvalue weighted by molar-refractivity contribution is 5.75. The van der Waals surface area contributed by atoms with E-state index in [9.17, 15) is 4.79 Å². The summed E-state index contributed by atoms with van der Waals surface area (Å²) in [7, 11) is 0. The third-order valence-electron chi connectivity index (χ3n) is 4.63. The molecule has 138 valence electrons. The van der Waals surface area contributed by atoms with E-state index in [0.717, 1.165) is 24.0 Å². The molecule has 0 fully saturated rings. The average Bonchev–Trinajstić information content (AvgIpc) is 2.74. The number of nitrogens with one attached hydrogen (secondary N) is 1. The van der Waals surface area contributed by atoms with Crippen molar-refractivity contribution in [2.75, 3.05) is 0 Å². The van der Waals surface area contributed by atoms with Crippen LogP contribution in [0.2, 0.25) is 0 Å². The third-order valence-corrected chi connectivity index (χ3v) is 4.63. The van der Waals surface area contributed by atoms with Crippen LogP contribution in [0.4, 0.5) is 0 Å². The fourth-order valence-electron chi connectivity index (χ4n) is 3.00. The Bertz CT molecular complexity index is 840. The number of hydrogen-bond donors (Lipinski definition) is 2. The molecule has 1 amide bonds. The van der Waals surface area contributed by atoms with Crippen LogP contribution in [-0.4, -0.2) is 11.0 Å². The van der Waals surface area contributed by atoms with E-state index < -0.39 is 0 Å². The molecule has 27 heavy (non-hydrogen) atoms. The molecule has 0 aromatic heterocycles. The summed E-state index contributed by atoms with van der Waals surface area (Å²) in [6.45, 7) is 0.565. The van der Waals surface area contributed by atoms with Gasteiger partial charge in [0.1, 0.15) is 0 Å². The molecule has 0 saturated carbocycles. The summed E-state index contributed by atoms with van der Waals surface area (Å²) in [6, 6.07) is 26.5. The lowest BCUT2D eigenvalue weighted by Crippen LogP contribution is -2.22. The first-order valence-corrected chi connectivity index (χ1v) is 9.34. The van der Waals surface area contributed by atoms with E-state index in [1.165, 1.54) is 16.7 Å². The Morgan fingerprint density at radius 1 is 0.741 bits per heavy atom. The standard InChI is InChI=1S/C24H25NO2/c26-18-21-11-9-20(10-12-21)17-25-24(27)8-4-5-19-13-15-23(16-14-19)22-6-2-1-3-7-22/h1-3,6-7,9-16,26H,4-5,8,17-18H2,(H,25,27). The van der Waals surface area contributed by atoms with Gasteiger partial charge in [-0.15, -0.1) is 0 Å². The second-order valence-corrected chi connectivity index (χ2v) is 6.67. The van der Waals surface area contributed by atoms with Crippen molar-refractivity contribution in [3.8, 4) is 11.1 Å². The Morgan fingerprint density at radius 2 is 1.33 bits per heavy atom. The van der Waals surface area contributed by atoms with Crippen molar-refractivity contribution < 1.29 is 9.90 Å². The number of carbonyl (C=O) groups is 1. The zero-order valence-corrected chi connectivity index (χ0v) is 15.4. The lowest BCUT2D eigenvalue weighted by Gasteiger charge is -2.07. The highest BCUT2D eigenvalue weighted by Crippen LogP contribution is 2.19. The van der Waals surface area contributed by atoms with Gasteiger partial charge in [0.05, 0.1) is 6.61 Å². The highest BCUT2D eigenvalue weighted by Gasteiger charge is 2.03. The van der Waals surface area contributed by atoms with Crippen LogP contribution in [-0.2, 0) is 24.4 Å². The molecule has 3 aromatic rings. The second-order valence-electron chi connectivity index (χ2n) is 6.67. The zero-order chi connectivity index (χ0) is 18.9. The molecule has 2 N–H and O–H groups in total. The van der Waals surface area contributed by atoms with Crippen LogP contribution in [0.15, 0.2) is 78.9 Å². The Labute approximate surface area is 160 Å². The predicted octanol–water partition coefficient (Wildman–Crippen LogP) is 4.49. The molecule has 0 aliphatic heterocycles. The molecular formula is C24H25NO2. The molecule has 3 rings (SSSR count). The SMILES string of the molecule is O=C(CCCc1ccc(-c2ccccc2)cc1)NCc1ccc(CO)cc1. The molecule has 0 spiro atoms. The summed E-state index contributed by atoms with van der Waals surface area (Å²) in [4.78, 5) is 12.0. The summed E-state index contributed by atoms with van der Waals surface area (Å²) in [5.41, 5.74) is 5.60. The fourth-order valence-corrected chi connectivity index (χ4v) is 3.00. The Hall–Kier alpha value is -2.91. The predicted molar refractivity (Wildman–Crippen MR) is 109 cm³/mol. The maximum atomic E-state index is 12.0. The molecule has 0 aliphatic rings. The van der Waals surface area contributed by atoms with E-state index in [1.54, 1.807) is 0 Å². The van der Waals surface area contributed by atoms with Gasteiger partial charge in [0, 0.05) is 13.0 Å². The van der Waals surface area contributed by atoms with Gasteiger partial charge in [0.25, 0.3) is 0 Å². The van der Waals surface area contributed by atoms with Crippen LogP contribution in [0.1, 0.15) is 29.5 Å². The lowest BCUT2D eigenvalue weighted by molar-refractivity contribution is -0.121. The number of amides is 1. The number of carbonyl (C=O) groups excluding carboxylic acids is 1. The summed E-state index contributed by atoms with van der Waals surface area (Å²) >= 11 is 0. The van der Waals surface area contributed by atoms with E-state index in [-0.39, 0.29) is 12.5 Å². The quantitative estimate of drug-likeness (QED) is 0.623.